The third-order valence-corrected chi connectivity index (χ3v) is 3.19. The van der Waals surface area contributed by atoms with E-state index in [1.807, 2.05) is 0 Å². The first-order valence-electron chi connectivity index (χ1n) is 5.58. The molecule has 1 fully saturated rings. The van der Waals surface area contributed by atoms with Crippen LogP contribution in [0.25, 0.3) is 0 Å². The highest BCUT2D eigenvalue weighted by molar-refractivity contribution is 9.10. The molecular formula is C12H14BrFN2O. The molecule has 2 N–H and O–H groups in total. The van der Waals surface area contributed by atoms with Crippen LogP contribution in [0.4, 0.5) is 10.1 Å². The predicted molar refractivity (Wildman–Crippen MR) is 69.2 cm³/mol. The van der Waals surface area contributed by atoms with Crippen molar-refractivity contribution in [2.45, 2.75) is 25.5 Å². The van der Waals surface area contributed by atoms with Crippen molar-refractivity contribution in [1.29, 1.82) is 5.41 Å². The summed E-state index contributed by atoms with van der Waals surface area (Å²) in [6.45, 7) is 0.730. The Balaban J connectivity index is 2.21. The number of rotatable bonds is 3. The Kier molecular flexibility index (Phi) is 4.12. The van der Waals surface area contributed by atoms with Crippen molar-refractivity contribution in [3.63, 3.8) is 0 Å². The topological polar surface area (TPSA) is 45.1 Å². The van der Waals surface area contributed by atoms with Gasteiger partial charge in [0.2, 0.25) is 0 Å². The van der Waals surface area contributed by atoms with E-state index in [1.165, 1.54) is 6.07 Å². The fourth-order valence-corrected chi connectivity index (χ4v) is 2.31. The van der Waals surface area contributed by atoms with Crippen LogP contribution in [0.5, 0.6) is 0 Å². The Hall–Kier alpha value is -0.940. The molecule has 0 bridgehead atoms. The number of nitrogens with one attached hydrogen (secondary N) is 2. The van der Waals surface area contributed by atoms with Crippen molar-refractivity contribution >= 4 is 27.8 Å². The fourth-order valence-electron chi connectivity index (χ4n) is 1.88. The first-order valence-corrected chi connectivity index (χ1v) is 6.37. The van der Waals surface area contributed by atoms with Crippen LogP contribution in [0.2, 0.25) is 0 Å². The second kappa shape index (κ2) is 5.60. The van der Waals surface area contributed by atoms with Gasteiger partial charge in [-0.1, -0.05) is 15.9 Å². The summed E-state index contributed by atoms with van der Waals surface area (Å²) in [5.74, 6) is -0.410. The van der Waals surface area contributed by atoms with E-state index in [2.05, 4.69) is 21.2 Å². The average molecular weight is 301 g/mol. The van der Waals surface area contributed by atoms with Crippen LogP contribution < -0.4 is 5.32 Å². The first kappa shape index (κ1) is 12.5. The molecule has 3 nitrogen and oxygen atoms in total. The smallest absolute Gasteiger partial charge is 0.135 e. The van der Waals surface area contributed by atoms with E-state index in [0.717, 1.165) is 32.1 Å². The molecule has 1 unspecified atom stereocenters. The van der Waals surface area contributed by atoms with Gasteiger partial charge in [0.25, 0.3) is 0 Å². The predicted octanol–water partition coefficient (Wildman–Crippen LogP) is 3.52. The molecule has 0 aliphatic carbocycles. The van der Waals surface area contributed by atoms with Crippen molar-refractivity contribution in [2.24, 2.45) is 0 Å². The van der Waals surface area contributed by atoms with Crippen LogP contribution in [0, 0.1) is 11.2 Å². The maximum atomic E-state index is 13.6. The van der Waals surface area contributed by atoms with E-state index in [9.17, 15) is 4.39 Å². The molecule has 1 aromatic rings. The molecule has 1 aromatic carbocycles. The Morgan fingerprint density at radius 2 is 2.29 bits per heavy atom. The minimum Gasteiger partial charge on any atom is -0.359 e. The largest absolute Gasteiger partial charge is 0.359 e. The normalized spacial score (nSPS) is 20.0. The van der Waals surface area contributed by atoms with E-state index >= 15 is 0 Å². The van der Waals surface area contributed by atoms with Crippen molar-refractivity contribution in [3.05, 3.63) is 28.0 Å². The van der Waals surface area contributed by atoms with Crippen LogP contribution in [0.15, 0.2) is 16.6 Å². The quantitative estimate of drug-likeness (QED) is 0.839. The van der Waals surface area contributed by atoms with Gasteiger partial charge in [-0.25, -0.2) is 4.39 Å². The average Bonchev–Trinajstić information content (AvgIpc) is 2.30. The number of benzene rings is 1. The molecule has 5 heteroatoms. The maximum Gasteiger partial charge on any atom is 0.135 e. The lowest BCUT2D eigenvalue weighted by Gasteiger charge is -2.25. The SMILES string of the molecule is N=Cc1c(F)cc(Br)cc1NC1CCCCO1. The molecule has 1 atom stereocenters. The molecule has 0 amide bonds. The third kappa shape index (κ3) is 3.04. The molecule has 0 saturated carbocycles. The highest BCUT2D eigenvalue weighted by Gasteiger charge is 2.16. The maximum absolute atomic E-state index is 13.6. The third-order valence-electron chi connectivity index (χ3n) is 2.73. The van der Waals surface area contributed by atoms with Gasteiger partial charge in [-0.15, -0.1) is 0 Å². The van der Waals surface area contributed by atoms with Crippen molar-refractivity contribution in [3.8, 4) is 0 Å². The number of ether oxygens (including phenoxy) is 1. The Morgan fingerprint density at radius 3 is 2.94 bits per heavy atom. The minimum absolute atomic E-state index is 0.0869. The van der Waals surface area contributed by atoms with Gasteiger partial charge < -0.3 is 15.5 Å². The minimum atomic E-state index is -0.410. The number of hydrogen-bond acceptors (Lipinski definition) is 3. The van der Waals surface area contributed by atoms with Crippen LogP contribution >= 0.6 is 15.9 Å². The van der Waals surface area contributed by atoms with Gasteiger partial charge in [0, 0.05) is 23.0 Å². The van der Waals surface area contributed by atoms with Gasteiger partial charge in [-0.05, 0) is 31.4 Å². The summed E-state index contributed by atoms with van der Waals surface area (Å²) in [4.78, 5) is 0. The van der Waals surface area contributed by atoms with Crippen LogP contribution in [0.3, 0.4) is 0 Å². The molecule has 0 spiro atoms. The zero-order valence-corrected chi connectivity index (χ0v) is 10.9. The molecule has 0 aromatic heterocycles. The summed E-state index contributed by atoms with van der Waals surface area (Å²) >= 11 is 3.25. The van der Waals surface area contributed by atoms with E-state index in [1.54, 1.807) is 6.07 Å². The Labute approximate surface area is 108 Å². The van der Waals surface area contributed by atoms with Crippen molar-refractivity contribution in [2.75, 3.05) is 11.9 Å². The lowest BCUT2D eigenvalue weighted by molar-refractivity contribution is 0.0343. The summed E-state index contributed by atoms with van der Waals surface area (Å²) in [5.41, 5.74) is 0.862. The summed E-state index contributed by atoms with van der Waals surface area (Å²) in [7, 11) is 0. The lowest BCUT2D eigenvalue weighted by Crippen LogP contribution is -2.27. The fraction of sp³-hybridized carbons (Fsp3) is 0.417. The van der Waals surface area contributed by atoms with Gasteiger partial charge in [0.15, 0.2) is 0 Å². The van der Waals surface area contributed by atoms with Gasteiger partial charge in [-0.3, -0.25) is 0 Å². The molecule has 1 saturated heterocycles. The molecule has 1 aliphatic rings. The summed E-state index contributed by atoms with van der Waals surface area (Å²) < 4.78 is 19.8. The molecule has 17 heavy (non-hydrogen) atoms. The highest BCUT2D eigenvalue weighted by atomic mass is 79.9. The monoisotopic (exact) mass is 300 g/mol. The van der Waals surface area contributed by atoms with Crippen LogP contribution in [-0.2, 0) is 4.74 Å². The number of hydrogen-bond donors (Lipinski definition) is 2. The van der Waals surface area contributed by atoms with Crippen LogP contribution in [0.1, 0.15) is 24.8 Å². The summed E-state index contributed by atoms with van der Waals surface area (Å²) in [6, 6.07) is 3.12. The van der Waals surface area contributed by atoms with E-state index in [0.29, 0.717) is 10.2 Å². The second-order valence-electron chi connectivity index (χ2n) is 3.99. The van der Waals surface area contributed by atoms with Gasteiger partial charge >= 0.3 is 0 Å². The number of anilines is 1. The van der Waals surface area contributed by atoms with Gasteiger partial charge in [-0.2, -0.15) is 0 Å². The Bertz CT molecular complexity index is 419. The van der Waals surface area contributed by atoms with Crippen molar-refractivity contribution in [1.82, 2.24) is 0 Å². The lowest BCUT2D eigenvalue weighted by atomic mass is 10.1. The molecule has 0 radical (unpaired) electrons. The zero-order valence-electron chi connectivity index (χ0n) is 9.30. The summed E-state index contributed by atoms with van der Waals surface area (Å²) in [5, 5.41) is 10.4. The molecule has 2 rings (SSSR count). The van der Waals surface area contributed by atoms with Crippen LogP contribution in [-0.4, -0.2) is 19.0 Å². The van der Waals surface area contributed by atoms with Gasteiger partial charge in [0.1, 0.15) is 12.0 Å². The molecule has 1 heterocycles. The summed E-state index contributed by atoms with van der Waals surface area (Å²) in [6.07, 6.45) is 4.02. The molecule has 1 aliphatic heterocycles. The van der Waals surface area contributed by atoms with E-state index < -0.39 is 5.82 Å². The highest BCUT2D eigenvalue weighted by Crippen LogP contribution is 2.25. The van der Waals surface area contributed by atoms with Crippen molar-refractivity contribution < 1.29 is 9.13 Å². The Morgan fingerprint density at radius 1 is 1.47 bits per heavy atom. The van der Waals surface area contributed by atoms with Gasteiger partial charge in [0.05, 0.1) is 5.56 Å². The standard InChI is InChI=1S/C12H14BrFN2O/c13-8-5-10(14)9(7-15)11(6-8)16-12-3-1-2-4-17-12/h5-7,12,15-16H,1-4H2. The number of halogens is 2. The van der Waals surface area contributed by atoms with E-state index in [4.69, 9.17) is 10.1 Å². The zero-order chi connectivity index (χ0) is 12.3. The first-order chi connectivity index (χ1) is 8.20. The molecular weight excluding hydrogens is 287 g/mol. The van der Waals surface area contributed by atoms with E-state index in [-0.39, 0.29) is 11.8 Å². The second-order valence-corrected chi connectivity index (χ2v) is 4.91. The molecule has 92 valence electrons.